The van der Waals surface area contributed by atoms with E-state index in [1.165, 1.54) is 0 Å². The molecule has 0 saturated carbocycles. The Morgan fingerprint density at radius 1 is 1.00 bits per heavy atom. The molecule has 2 N–H and O–H groups in total. The van der Waals surface area contributed by atoms with Gasteiger partial charge >= 0.3 is 0 Å². The van der Waals surface area contributed by atoms with Gasteiger partial charge in [-0.3, -0.25) is 9.59 Å². The summed E-state index contributed by atoms with van der Waals surface area (Å²) < 4.78 is 2.73. The number of carbonyl (C=O) groups is 2. The van der Waals surface area contributed by atoms with E-state index in [9.17, 15) is 9.59 Å². The number of hydrogen-bond acceptors (Lipinski definition) is 2. The van der Waals surface area contributed by atoms with E-state index in [0.29, 0.717) is 29.2 Å². The summed E-state index contributed by atoms with van der Waals surface area (Å²) in [5.74, 6) is -0.391. The van der Waals surface area contributed by atoms with Gasteiger partial charge in [0.15, 0.2) is 0 Å². The van der Waals surface area contributed by atoms with Crippen LogP contribution in [0.4, 0.5) is 11.4 Å². The highest BCUT2D eigenvalue weighted by atomic mass is 79.9. The Bertz CT molecular complexity index is 980. The number of benzene rings is 2. The van der Waals surface area contributed by atoms with Crippen molar-refractivity contribution in [1.29, 1.82) is 0 Å². The Morgan fingerprint density at radius 3 is 2.44 bits per heavy atom. The zero-order chi connectivity index (χ0) is 19.4. The average Bonchev–Trinajstić information content (AvgIpc) is 3.06. The van der Waals surface area contributed by atoms with Gasteiger partial charge in [-0.05, 0) is 65.7 Å². The van der Waals surface area contributed by atoms with E-state index in [2.05, 4.69) is 26.6 Å². The minimum absolute atomic E-state index is 0.194. The van der Waals surface area contributed by atoms with Crippen LogP contribution < -0.4 is 10.6 Å². The lowest BCUT2D eigenvalue weighted by Crippen LogP contribution is -2.17. The number of carbonyl (C=O) groups excluding carboxylic acids is 2. The molecule has 3 aromatic rings. The van der Waals surface area contributed by atoms with Gasteiger partial charge in [0.05, 0.1) is 0 Å². The molecule has 1 aromatic heterocycles. The summed E-state index contributed by atoms with van der Waals surface area (Å²) in [7, 11) is 0. The summed E-state index contributed by atoms with van der Waals surface area (Å²) in [6, 6.07) is 16.2. The van der Waals surface area contributed by atoms with E-state index in [-0.39, 0.29) is 11.8 Å². The zero-order valence-electron chi connectivity index (χ0n) is 15.1. The van der Waals surface area contributed by atoms with Crippen LogP contribution in [0.15, 0.2) is 65.3 Å². The molecule has 0 atom stereocenters. The number of anilines is 2. The van der Waals surface area contributed by atoms with Crippen molar-refractivity contribution in [3.8, 4) is 0 Å². The fourth-order valence-corrected chi connectivity index (χ4v) is 3.20. The predicted octanol–water partition coefficient (Wildman–Crippen LogP) is 5.08. The van der Waals surface area contributed by atoms with Crippen molar-refractivity contribution < 1.29 is 9.59 Å². The van der Waals surface area contributed by atoms with Crippen LogP contribution in [0, 0.1) is 6.92 Å². The molecule has 3 rings (SSSR count). The largest absolute Gasteiger partial charge is 0.343 e. The van der Waals surface area contributed by atoms with Gasteiger partial charge in [-0.1, -0.05) is 24.3 Å². The molecule has 0 radical (unpaired) electrons. The van der Waals surface area contributed by atoms with Gasteiger partial charge < -0.3 is 15.2 Å². The molecule has 0 aliphatic carbocycles. The van der Waals surface area contributed by atoms with Crippen LogP contribution >= 0.6 is 15.9 Å². The first-order valence-electron chi connectivity index (χ1n) is 8.62. The number of amides is 2. The quantitative estimate of drug-likeness (QED) is 0.598. The summed E-state index contributed by atoms with van der Waals surface area (Å²) in [5, 5.41) is 5.80. The molecule has 0 spiro atoms. The van der Waals surface area contributed by atoms with Crippen molar-refractivity contribution in [3.63, 3.8) is 0 Å². The summed E-state index contributed by atoms with van der Waals surface area (Å²) in [4.78, 5) is 25.0. The first-order chi connectivity index (χ1) is 13.0. The van der Waals surface area contributed by atoms with Crippen LogP contribution in [-0.4, -0.2) is 16.4 Å². The average molecular weight is 426 g/mol. The van der Waals surface area contributed by atoms with Crippen molar-refractivity contribution in [2.45, 2.75) is 20.4 Å². The maximum absolute atomic E-state index is 12.7. The van der Waals surface area contributed by atoms with Crippen molar-refractivity contribution in [2.24, 2.45) is 0 Å². The van der Waals surface area contributed by atoms with E-state index in [0.717, 1.165) is 10.0 Å². The fourth-order valence-electron chi connectivity index (χ4n) is 2.74. The number of hydrogen-bond donors (Lipinski definition) is 2. The smallest absolute Gasteiger partial charge is 0.272 e. The van der Waals surface area contributed by atoms with Gasteiger partial charge in [-0.2, -0.15) is 0 Å². The third-order valence-electron chi connectivity index (χ3n) is 4.22. The lowest BCUT2D eigenvalue weighted by molar-refractivity contribution is 0.101. The van der Waals surface area contributed by atoms with Crippen LogP contribution in [0.2, 0.25) is 0 Å². The lowest BCUT2D eigenvalue weighted by atomic mass is 10.1. The van der Waals surface area contributed by atoms with E-state index in [4.69, 9.17) is 0 Å². The second-order valence-corrected chi connectivity index (χ2v) is 7.05. The Hall–Kier alpha value is -2.86. The molecule has 0 aliphatic heterocycles. The van der Waals surface area contributed by atoms with Crippen molar-refractivity contribution in [2.75, 3.05) is 10.6 Å². The van der Waals surface area contributed by atoms with Crippen LogP contribution in [0.1, 0.15) is 33.3 Å². The third kappa shape index (κ3) is 4.46. The molecule has 0 fully saturated rings. The summed E-state index contributed by atoms with van der Waals surface area (Å²) in [6.07, 6.45) is 1.87. The first kappa shape index (κ1) is 18.9. The number of rotatable bonds is 5. The highest BCUT2D eigenvalue weighted by Crippen LogP contribution is 2.23. The number of aromatic nitrogens is 1. The number of aryl methyl sites for hydroxylation is 2. The number of nitrogens with one attached hydrogen (secondary N) is 2. The first-order valence-corrected chi connectivity index (χ1v) is 9.41. The third-order valence-corrected chi connectivity index (χ3v) is 4.65. The van der Waals surface area contributed by atoms with E-state index >= 15 is 0 Å². The molecule has 27 heavy (non-hydrogen) atoms. The van der Waals surface area contributed by atoms with Crippen LogP contribution in [-0.2, 0) is 6.54 Å². The van der Waals surface area contributed by atoms with Crippen LogP contribution in [0.3, 0.4) is 0 Å². The molecule has 2 amide bonds. The highest BCUT2D eigenvalue weighted by Gasteiger charge is 2.14. The predicted molar refractivity (Wildman–Crippen MR) is 111 cm³/mol. The SMILES string of the molecule is CCn1cc(Br)cc1C(=O)Nc1cc(NC(=O)c2ccccc2)ccc1C. The summed E-state index contributed by atoms with van der Waals surface area (Å²) in [5.41, 5.74) is 3.34. The fraction of sp³-hybridized carbons (Fsp3) is 0.143. The molecule has 0 aliphatic rings. The lowest BCUT2D eigenvalue weighted by Gasteiger charge is -2.12. The molecular weight excluding hydrogens is 406 g/mol. The molecule has 5 nitrogen and oxygen atoms in total. The number of halogens is 1. The second kappa shape index (κ2) is 8.22. The summed E-state index contributed by atoms with van der Waals surface area (Å²) in [6.45, 7) is 4.59. The molecule has 2 aromatic carbocycles. The Morgan fingerprint density at radius 2 is 1.74 bits per heavy atom. The van der Waals surface area contributed by atoms with E-state index in [1.807, 2.05) is 54.9 Å². The van der Waals surface area contributed by atoms with Crippen molar-refractivity contribution in [3.05, 3.63) is 82.1 Å². The maximum atomic E-state index is 12.7. The molecule has 0 unspecified atom stereocenters. The minimum atomic E-state index is -0.197. The maximum Gasteiger partial charge on any atom is 0.272 e. The van der Waals surface area contributed by atoms with Gasteiger partial charge in [0, 0.05) is 34.2 Å². The van der Waals surface area contributed by atoms with Gasteiger partial charge in [-0.15, -0.1) is 0 Å². The molecule has 138 valence electrons. The molecule has 0 saturated heterocycles. The summed E-state index contributed by atoms with van der Waals surface area (Å²) >= 11 is 3.40. The zero-order valence-corrected chi connectivity index (χ0v) is 16.7. The van der Waals surface area contributed by atoms with E-state index < -0.39 is 0 Å². The molecule has 1 heterocycles. The monoisotopic (exact) mass is 425 g/mol. The normalized spacial score (nSPS) is 10.5. The van der Waals surface area contributed by atoms with E-state index in [1.54, 1.807) is 24.3 Å². The molecular formula is C21H20BrN3O2. The molecule has 0 bridgehead atoms. The van der Waals surface area contributed by atoms with Gasteiger partial charge in [-0.25, -0.2) is 0 Å². The van der Waals surface area contributed by atoms with Gasteiger partial charge in [0.2, 0.25) is 0 Å². The Balaban J connectivity index is 1.79. The van der Waals surface area contributed by atoms with Gasteiger partial charge in [0.25, 0.3) is 11.8 Å². The Kier molecular flexibility index (Phi) is 5.76. The number of nitrogens with zero attached hydrogens (tertiary/aromatic N) is 1. The second-order valence-electron chi connectivity index (χ2n) is 6.13. The van der Waals surface area contributed by atoms with Crippen molar-refractivity contribution in [1.82, 2.24) is 4.57 Å². The minimum Gasteiger partial charge on any atom is -0.343 e. The van der Waals surface area contributed by atoms with Gasteiger partial charge in [0.1, 0.15) is 5.69 Å². The Labute approximate surface area is 166 Å². The topological polar surface area (TPSA) is 63.1 Å². The van der Waals surface area contributed by atoms with Crippen LogP contribution in [0.25, 0.3) is 0 Å². The highest BCUT2D eigenvalue weighted by molar-refractivity contribution is 9.10. The molecule has 6 heteroatoms. The van der Waals surface area contributed by atoms with Crippen molar-refractivity contribution >= 4 is 39.1 Å². The van der Waals surface area contributed by atoms with Crippen LogP contribution in [0.5, 0.6) is 0 Å². The standard InChI is InChI=1S/C21H20BrN3O2/c1-3-25-13-16(22)11-19(25)21(27)24-18-12-17(10-9-14(18)2)23-20(26)15-7-5-4-6-8-15/h4-13H,3H2,1-2H3,(H,23,26)(H,24,27).